The van der Waals surface area contributed by atoms with Gasteiger partial charge in [-0.25, -0.2) is 0 Å². The Kier molecular flexibility index (Phi) is 3.96. The quantitative estimate of drug-likeness (QED) is 0.909. The van der Waals surface area contributed by atoms with Crippen LogP contribution in [-0.4, -0.2) is 16.2 Å². The van der Waals surface area contributed by atoms with Crippen LogP contribution < -0.4 is 5.73 Å². The molecule has 0 amide bonds. The molecule has 0 saturated heterocycles. The van der Waals surface area contributed by atoms with Gasteiger partial charge in [0.25, 0.3) is 0 Å². The van der Waals surface area contributed by atoms with Crippen molar-refractivity contribution < 1.29 is 4.52 Å². The van der Waals surface area contributed by atoms with E-state index in [4.69, 9.17) is 33.5 Å². The Morgan fingerprint density at radius 1 is 1.10 bits per heavy atom. The first-order chi connectivity index (χ1) is 9.63. The molecule has 1 saturated carbocycles. The van der Waals surface area contributed by atoms with Crippen molar-refractivity contribution in [2.45, 2.75) is 37.6 Å². The predicted octanol–water partition coefficient (Wildman–Crippen LogP) is 4.03. The van der Waals surface area contributed by atoms with Gasteiger partial charge in [-0.15, -0.1) is 0 Å². The molecule has 6 heteroatoms. The Labute approximate surface area is 127 Å². The van der Waals surface area contributed by atoms with Crippen LogP contribution in [0.25, 0.3) is 11.4 Å². The van der Waals surface area contributed by atoms with Gasteiger partial charge in [-0.2, -0.15) is 4.98 Å². The smallest absolute Gasteiger partial charge is 0.230 e. The van der Waals surface area contributed by atoms with Gasteiger partial charge in [0, 0.05) is 17.5 Å². The van der Waals surface area contributed by atoms with Gasteiger partial charge >= 0.3 is 0 Å². The van der Waals surface area contributed by atoms with E-state index in [2.05, 4.69) is 10.1 Å². The van der Waals surface area contributed by atoms with Gasteiger partial charge in [-0.05, 0) is 43.9 Å². The molecule has 1 aliphatic rings. The Morgan fingerprint density at radius 3 is 2.55 bits per heavy atom. The maximum absolute atomic E-state index is 6.00. The van der Waals surface area contributed by atoms with E-state index in [-0.39, 0.29) is 0 Å². The van der Waals surface area contributed by atoms with Crippen LogP contribution in [0.5, 0.6) is 0 Å². The van der Waals surface area contributed by atoms with Crippen LogP contribution in [0, 0.1) is 0 Å². The molecule has 4 nitrogen and oxygen atoms in total. The molecule has 0 bridgehead atoms. The summed E-state index contributed by atoms with van der Waals surface area (Å²) < 4.78 is 5.39. The van der Waals surface area contributed by atoms with Gasteiger partial charge in [-0.3, -0.25) is 0 Å². The molecule has 0 radical (unpaired) electrons. The number of nitrogens with zero attached hydrogens (tertiary/aromatic N) is 2. The molecule has 1 fully saturated rings. The zero-order valence-corrected chi connectivity index (χ0v) is 12.4. The Bertz CT molecular complexity index is 606. The third-order valence-electron chi connectivity index (χ3n) is 3.74. The number of rotatable bonds is 2. The fourth-order valence-electron chi connectivity index (χ4n) is 2.52. The first-order valence-electron chi connectivity index (χ1n) is 6.68. The lowest BCUT2D eigenvalue weighted by Crippen LogP contribution is -2.25. The third kappa shape index (κ3) is 2.82. The van der Waals surface area contributed by atoms with Crippen LogP contribution in [0.15, 0.2) is 22.7 Å². The zero-order valence-electron chi connectivity index (χ0n) is 10.9. The van der Waals surface area contributed by atoms with E-state index in [0.717, 1.165) is 31.2 Å². The van der Waals surface area contributed by atoms with Gasteiger partial charge in [0.2, 0.25) is 11.7 Å². The molecule has 1 aromatic heterocycles. The highest BCUT2D eigenvalue weighted by Gasteiger charge is 2.25. The highest BCUT2D eigenvalue weighted by molar-refractivity contribution is 6.42. The second-order valence-corrected chi connectivity index (χ2v) is 6.01. The molecule has 1 heterocycles. The summed E-state index contributed by atoms with van der Waals surface area (Å²) in [6, 6.07) is 5.62. The highest BCUT2D eigenvalue weighted by atomic mass is 35.5. The molecule has 0 unspecified atom stereocenters. The average Bonchev–Trinajstić information content (AvgIpc) is 2.92. The number of hydrogen-bond acceptors (Lipinski definition) is 4. The fraction of sp³-hybridized carbons (Fsp3) is 0.429. The number of nitrogens with two attached hydrogens (primary N) is 1. The number of benzene rings is 1. The first kappa shape index (κ1) is 13.9. The van der Waals surface area contributed by atoms with Crippen molar-refractivity contribution in [2.24, 2.45) is 5.73 Å². The number of aromatic nitrogens is 2. The van der Waals surface area contributed by atoms with Crippen LogP contribution >= 0.6 is 23.2 Å². The van der Waals surface area contributed by atoms with E-state index in [1.807, 2.05) is 6.07 Å². The van der Waals surface area contributed by atoms with Crippen molar-refractivity contribution in [3.8, 4) is 11.4 Å². The molecule has 0 atom stereocenters. The lowest BCUT2D eigenvalue weighted by Gasteiger charge is -2.22. The summed E-state index contributed by atoms with van der Waals surface area (Å²) in [6.07, 6.45) is 4.03. The fourth-order valence-corrected chi connectivity index (χ4v) is 2.82. The van der Waals surface area contributed by atoms with Gasteiger partial charge < -0.3 is 10.3 Å². The molecular weight excluding hydrogens is 297 g/mol. The molecule has 0 spiro atoms. The standard InChI is InChI=1S/C14H15Cl2N3O/c15-11-6-3-9(7-12(11)16)13-18-14(20-19-13)8-1-4-10(17)5-2-8/h3,6-8,10H,1-2,4-5,17H2/t8-,10+. The molecule has 0 aliphatic heterocycles. The van der Waals surface area contributed by atoms with Crippen LogP contribution in [0.3, 0.4) is 0 Å². The summed E-state index contributed by atoms with van der Waals surface area (Å²) in [5.41, 5.74) is 6.72. The van der Waals surface area contributed by atoms with Crippen molar-refractivity contribution in [1.29, 1.82) is 0 Å². The Balaban J connectivity index is 1.81. The maximum Gasteiger partial charge on any atom is 0.230 e. The summed E-state index contributed by atoms with van der Waals surface area (Å²) in [5, 5.41) is 5.03. The summed E-state index contributed by atoms with van der Waals surface area (Å²) >= 11 is 11.9. The minimum absolute atomic E-state index is 0.309. The van der Waals surface area contributed by atoms with E-state index in [1.54, 1.807) is 12.1 Å². The maximum atomic E-state index is 6.00. The van der Waals surface area contributed by atoms with Crippen molar-refractivity contribution in [3.05, 3.63) is 34.1 Å². The van der Waals surface area contributed by atoms with Crippen molar-refractivity contribution in [2.75, 3.05) is 0 Å². The van der Waals surface area contributed by atoms with Crippen molar-refractivity contribution in [3.63, 3.8) is 0 Å². The minimum Gasteiger partial charge on any atom is -0.339 e. The second kappa shape index (κ2) is 5.72. The van der Waals surface area contributed by atoms with Crippen LogP contribution in [0.2, 0.25) is 10.0 Å². The van der Waals surface area contributed by atoms with Gasteiger partial charge in [0.1, 0.15) is 0 Å². The normalized spacial score (nSPS) is 22.9. The zero-order chi connectivity index (χ0) is 14.1. The van der Waals surface area contributed by atoms with Gasteiger partial charge in [0.15, 0.2) is 0 Å². The summed E-state index contributed by atoms with van der Waals surface area (Å²) in [5.74, 6) is 1.56. The summed E-state index contributed by atoms with van der Waals surface area (Å²) in [6.45, 7) is 0. The average molecular weight is 312 g/mol. The van der Waals surface area contributed by atoms with Crippen molar-refractivity contribution >= 4 is 23.2 Å². The molecule has 20 heavy (non-hydrogen) atoms. The minimum atomic E-state index is 0.309. The molecule has 106 valence electrons. The first-order valence-corrected chi connectivity index (χ1v) is 7.43. The largest absolute Gasteiger partial charge is 0.339 e. The molecule has 3 rings (SSSR count). The molecule has 2 N–H and O–H groups in total. The molecule has 2 aromatic rings. The number of hydrogen-bond donors (Lipinski definition) is 1. The van der Waals surface area contributed by atoms with Gasteiger partial charge in [0.05, 0.1) is 10.0 Å². The van der Waals surface area contributed by atoms with E-state index in [1.165, 1.54) is 0 Å². The number of halogens is 2. The highest BCUT2D eigenvalue weighted by Crippen LogP contribution is 2.33. The second-order valence-electron chi connectivity index (χ2n) is 5.20. The topological polar surface area (TPSA) is 64.9 Å². The molecular formula is C14H15Cl2N3O. The third-order valence-corrected chi connectivity index (χ3v) is 4.48. The monoisotopic (exact) mass is 311 g/mol. The SMILES string of the molecule is N[C@H]1CC[C@@H](c2nc(-c3ccc(Cl)c(Cl)c3)no2)CC1. The lowest BCUT2D eigenvalue weighted by atomic mass is 9.86. The Hall–Kier alpha value is -1.10. The van der Waals surface area contributed by atoms with E-state index in [9.17, 15) is 0 Å². The molecule has 1 aromatic carbocycles. The summed E-state index contributed by atoms with van der Waals surface area (Å²) in [7, 11) is 0. The van der Waals surface area contributed by atoms with Gasteiger partial charge in [-0.1, -0.05) is 28.4 Å². The Morgan fingerprint density at radius 2 is 1.85 bits per heavy atom. The lowest BCUT2D eigenvalue weighted by molar-refractivity contribution is 0.301. The predicted molar refractivity (Wildman–Crippen MR) is 78.9 cm³/mol. The van der Waals surface area contributed by atoms with Crippen molar-refractivity contribution in [1.82, 2.24) is 10.1 Å². The van der Waals surface area contributed by atoms with E-state index in [0.29, 0.717) is 33.7 Å². The van der Waals surface area contributed by atoms with E-state index < -0.39 is 0 Å². The van der Waals surface area contributed by atoms with Crippen LogP contribution in [0.1, 0.15) is 37.5 Å². The molecule has 1 aliphatic carbocycles. The summed E-state index contributed by atoms with van der Waals surface area (Å²) in [4.78, 5) is 4.48. The van der Waals surface area contributed by atoms with E-state index >= 15 is 0 Å². The van der Waals surface area contributed by atoms with Crippen LogP contribution in [0.4, 0.5) is 0 Å². The van der Waals surface area contributed by atoms with Crippen LogP contribution in [-0.2, 0) is 0 Å².